The van der Waals surface area contributed by atoms with Gasteiger partial charge in [0.2, 0.25) is 5.95 Å². The summed E-state index contributed by atoms with van der Waals surface area (Å²) in [6.07, 6.45) is 11.1. The number of benzene rings is 1. The first kappa shape index (κ1) is 25.4. The van der Waals surface area contributed by atoms with Gasteiger partial charge >= 0.3 is 5.69 Å². The first-order valence-electron chi connectivity index (χ1n) is 13.0. The number of aromatic nitrogens is 4. The van der Waals surface area contributed by atoms with Crippen LogP contribution >= 0.6 is 15.9 Å². The molecule has 2 aromatic heterocycles. The Bertz CT molecular complexity index is 1480. The first-order valence-corrected chi connectivity index (χ1v) is 13.8. The summed E-state index contributed by atoms with van der Waals surface area (Å²) in [6.45, 7) is 4.58. The van der Waals surface area contributed by atoms with Crippen molar-refractivity contribution in [1.29, 1.82) is 0 Å². The number of hydrogen-bond acceptors (Lipinski definition) is 5. The van der Waals surface area contributed by atoms with Gasteiger partial charge in [-0.05, 0) is 50.0 Å². The fraction of sp³-hybridized carbons (Fsp3) is 0.429. The number of aliphatic imine (C=N–C) groups is 1. The van der Waals surface area contributed by atoms with Crippen molar-refractivity contribution in [3.8, 4) is 0 Å². The van der Waals surface area contributed by atoms with Crippen LogP contribution in [0.4, 0.5) is 5.95 Å². The second-order valence-electron chi connectivity index (χ2n) is 9.87. The molecular weight excluding hydrogens is 532 g/mol. The third-order valence-electron chi connectivity index (χ3n) is 7.49. The lowest BCUT2D eigenvalue weighted by molar-refractivity contribution is 0.405. The van der Waals surface area contributed by atoms with Crippen LogP contribution < -0.4 is 16.6 Å². The summed E-state index contributed by atoms with van der Waals surface area (Å²) in [4.78, 5) is 36.3. The molecule has 9 heteroatoms. The van der Waals surface area contributed by atoms with E-state index in [9.17, 15) is 9.59 Å². The lowest BCUT2D eigenvalue weighted by Crippen LogP contribution is -2.40. The molecule has 1 N–H and O–H groups in total. The highest BCUT2D eigenvalue weighted by Gasteiger charge is 2.28. The number of fused-ring (bicyclic) bond motifs is 1. The summed E-state index contributed by atoms with van der Waals surface area (Å²) in [5, 5.41) is 3.59. The van der Waals surface area contributed by atoms with Crippen LogP contribution in [0.5, 0.6) is 0 Å². The Morgan fingerprint density at radius 2 is 1.86 bits per heavy atom. The molecule has 0 radical (unpaired) electrons. The van der Waals surface area contributed by atoms with Gasteiger partial charge in [0.25, 0.3) is 5.56 Å². The average molecular weight is 566 g/mol. The fourth-order valence-electron chi connectivity index (χ4n) is 5.39. The van der Waals surface area contributed by atoms with E-state index < -0.39 is 0 Å². The van der Waals surface area contributed by atoms with E-state index in [0.717, 1.165) is 54.1 Å². The van der Waals surface area contributed by atoms with E-state index in [1.165, 1.54) is 9.13 Å². The van der Waals surface area contributed by atoms with Crippen LogP contribution in [-0.2, 0) is 26.6 Å². The number of rotatable bonds is 8. The topological polar surface area (TPSA) is 86.2 Å². The monoisotopic (exact) mass is 564 g/mol. The second-order valence-corrected chi connectivity index (χ2v) is 10.7. The van der Waals surface area contributed by atoms with Gasteiger partial charge in [-0.3, -0.25) is 23.5 Å². The molecule has 0 aliphatic heterocycles. The van der Waals surface area contributed by atoms with Gasteiger partial charge in [0.05, 0.1) is 18.6 Å². The molecule has 3 aromatic rings. The van der Waals surface area contributed by atoms with Crippen LogP contribution in [0.15, 0.2) is 67.1 Å². The van der Waals surface area contributed by atoms with E-state index in [2.05, 4.69) is 45.1 Å². The third kappa shape index (κ3) is 5.14. The number of halogens is 1. The zero-order chi connectivity index (χ0) is 25.9. The minimum atomic E-state index is -0.356. The van der Waals surface area contributed by atoms with Crippen molar-refractivity contribution in [2.24, 2.45) is 12.0 Å². The van der Waals surface area contributed by atoms with E-state index in [-0.39, 0.29) is 23.3 Å². The van der Waals surface area contributed by atoms with Crippen LogP contribution in [0, 0.1) is 0 Å². The van der Waals surface area contributed by atoms with Crippen molar-refractivity contribution in [3.63, 3.8) is 0 Å². The van der Waals surface area contributed by atoms with Crippen molar-refractivity contribution in [2.45, 2.75) is 70.1 Å². The standard InChI is InChI=1S/C28H33BrN6O2/c1-30-22-14-8-9-15-23(22)31-27-32-25-24(35(27)18-20-12-6-7-13-21(20)29)26(36)34(28(37)33(25)2)17-16-19-10-4-3-5-11-19/h3-5,10-13,22-23H,1,6-9,14-18H2,2H3,(H,31,32)/t22-,23+/m1/s1. The lowest BCUT2D eigenvalue weighted by atomic mass is 9.91. The van der Waals surface area contributed by atoms with Gasteiger partial charge in [0.1, 0.15) is 0 Å². The van der Waals surface area contributed by atoms with Crippen molar-refractivity contribution in [1.82, 2.24) is 18.7 Å². The minimum Gasteiger partial charge on any atom is -0.351 e. The fourth-order valence-corrected chi connectivity index (χ4v) is 5.91. The Hall–Kier alpha value is -3.20. The molecule has 1 saturated carbocycles. The predicted octanol–water partition coefficient (Wildman–Crippen LogP) is 4.56. The summed E-state index contributed by atoms with van der Waals surface area (Å²) in [7, 11) is 1.69. The van der Waals surface area contributed by atoms with E-state index in [1.807, 2.05) is 34.9 Å². The maximum Gasteiger partial charge on any atom is 0.332 e. The number of imidazole rings is 1. The van der Waals surface area contributed by atoms with Crippen molar-refractivity contribution < 1.29 is 0 Å². The molecule has 0 unspecified atom stereocenters. The number of nitrogens with one attached hydrogen (secondary N) is 1. The summed E-state index contributed by atoms with van der Waals surface area (Å²) in [6, 6.07) is 10.1. The Kier molecular flexibility index (Phi) is 7.60. The number of nitrogens with zero attached hydrogens (tertiary/aromatic N) is 5. The van der Waals surface area contributed by atoms with Gasteiger partial charge in [-0.2, -0.15) is 4.98 Å². The van der Waals surface area contributed by atoms with Crippen LogP contribution in [0.1, 0.15) is 44.1 Å². The van der Waals surface area contributed by atoms with E-state index in [0.29, 0.717) is 36.6 Å². The quantitative estimate of drug-likeness (QED) is 0.406. The molecule has 194 valence electrons. The van der Waals surface area contributed by atoms with Crippen molar-refractivity contribution in [2.75, 3.05) is 5.32 Å². The molecule has 2 heterocycles. The normalized spacial score (nSPS) is 19.9. The van der Waals surface area contributed by atoms with E-state index in [4.69, 9.17) is 4.98 Å². The van der Waals surface area contributed by atoms with Crippen LogP contribution in [0.2, 0.25) is 0 Å². The molecule has 0 amide bonds. The third-order valence-corrected chi connectivity index (χ3v) is 8.33. The molecule has 8 nitrogen and oxygen atoms in total. The predicted molar refractivity (Wildman–Crippen MR) is 153 cm³/mol. The molecular formula is C28H33BrN6O2. The Morgan fingerprint density at radius 3 is 2.62 bits per heavy atom. The maximum atomic E-state index is 13.9. The van der Waals surface area contributed by atoms with Crippen LogP contribution in [0.3, 0.4) is 0 Å². The Labute approximate surface area is 224 Å². The van der Waals surface area contributed by atoms with Gasteiger partial charge in [0.15, 0.2) is 11.2 Å². The molecule has 37 heavy (non-hydrogen) atoms. The summed E-state index contributed by atoms with van der Waals surface area (Å²) in [5.41, 5.74) is 2.33. The molecule has 2 aliphatic carbocycles. The second kappa shape index (κ2) is 11.0. The van der Waals surface area contributed by atoms with Gasteiger partial charge in [0, 0.05) is 18.1 Å². The molecule has 1 aromatic carbocycles. The molecule has 2 aliphatic rings. The Morgan fingerprint density at radius 1 is 1.11 bits per heavy atom. The Balaban J connectivity index is 1.62. The number of allylic oxidation sites excluding steroid dienone is 4. The highest BCUT2D eigenvalue weighted by Crippen LogP contribution is 2.29. The zero-order valence-electron chi connectivity index (χ0n) is 21.2. The number of aryl methyl sites for hydroxylation is 2. The first-order chi connectivity index (χ1) is 18.0. The molecule has 2 atom stereocenters. The minimum absolute atomic E-state index is 0.0819. The van der Waals surface area contributed by atoms with Gasteiger partial charge in [-0.25, -0.2) is 4.79 Å². The molecule has 5 rings (SSSR count). The summed E-state index contributed by atoms with van der Waals surface area (Å²) in [5.74, 6) is 0.593. The molecule has 0 spiro atoms. The van der Waals surface area contributed by atoms with Gasteiger partial charge < -0.3 is 5.32 Å². The smallest absolute Gasteiger partial charge is 0.332 e. The zero-order valence-corrected chi connectivity index (χ0v) is 22.8. The largest absolute Gasteiger partial charge is 0.351 e. The van der Waals surface area contributed by atoms with Crippen LogP contribution in [-0.4, -0.2) is 37.5 Å². The number of hydrogen-bond donors (Lipinski definition) is 1. The lowest BCUT2D eigenvalue weighted by Gasteiger charge is -2.29. The highest BCUT2D eigenvalue weighted by atomic mass is 79.9. The van der Waals surface area contributed by atoms with Crippen molar-refractivity contribution >= 4 is 39.8 Å². The van der Waals surface area contributed by atoms with Gasteiger partial charge in [-0.1, -0.05) is 71.3 Å². The highest BCUT2D eigenvalue weighted by molar-refractivity contribution is 9.12. The van der Waals surface area contributed by atoms with E-state index >= 15 is 0 Å². The maximum absolute atomic E-state index is 13.9. The van der Waals surface area contributed by atoms with Gasteiger partial charge in [-0.15, -0.1) is 0 Å². The number of anilines is 1. The van der Waals surface area contributed by atoms with Crippen LogP contribution in [0.25, 0.3) is 11.2 Å². The summed E-state index contributed by atoms with van der Waals surface area (Å²) < 4.78 is 5.81. The summed E-state index contributed by atoms with van der Waals surface area (Å²) >= 11 is 3.70. The SMILES string of the molecule is C=N[C@@H]1CCCC[C@@H]1Nc1nc2c(c(=O)n(CCc3ccccc3)c(=O)n2C)n1CC1=CCCC=C1Br. The molecule has 0 bridgehead atoms. The molecule has 1 fully saturated rings. The van der Waals surface area contributed by atoms with E-state index in [1.54, 1.807) is 7.05 Å². The molecule has 0 saturated heterocycles. The average Bonchev–Trinajstić information content (AvgIpc) is 3.27. The van der Waals surface area contributed by atoms with Crippen molar-refractivity contribution in [3.05, 3.63) is 78.9 Å².